The second-order valence-corrected chi connectivity index (χ2v) is 4.89. The van der Waals surface area contributed by atoms with Crippen LogP contribution in [0.25, 0.3) is 0 Å². The van der Waals surface area contributed by atoms with E-state index in [1.165, 1.54) is 0 Å². The van der Waals surface area contributed by atoms with Crippen LogP contribution in [-0.2, 0) is 14.2 Å². The Morgan fingerprint density at radius 1 is 1.26 bits per heavy atom. The lowest BCUT2D eigenvalue weighted by Gasteiger charge is -2.32. The van der Waals surface area contributed by atoms with Gasteiger partial charge >= 0.3 is 0 Å². The maximum absolute atomic E-state index is 10.2. The number of nitrogens with one attached hydrogen (secondary N) is 1. The topological polar surface area (TPSA) is 80.2 Å². The summed E-state index contributed by atoms with van der Waals surface area (Å²) in [6, 6.07) is 0. The summed E-state index contributed by atoms with van der Waals surface area (Å²) in [5, 5.41) is 23.0. The van der Waals surface area contributed by atoms with Crippen LogP contribution in [0.1, 0.15) is 19.8 Å². The molecule has 1 heterocycles. The van der Waals surface area contributed by atoms with E-state index >= 15 is 0 Å². The molecule has 0 amide bonds. The summed E-state index contributed by atoms with van der Waals surface area (Å²) in [4.78, 5) is 0. The zero-order chi connectivity index (χ0) is 14.0. The minimum atomic E-state index is -0.701. The summed E-state index contributed by atoms with van der Waals surface area (Å²) in [6.07, 6.45) is 0.715. The van der Waals surface area contributed by atoms with Gasteiger partial charge in [-0.05, 0) is 6.92 Å². The van der Waals surface area contributed by atoms with Gasteiger partial charge in [0.05, 0.1) is 31.5 Å². The van der Waals surface area contributed by atoms with Crippen LogP contribution in [-0.4, -0.2) is 74.6 Å². The van der Waals surface area contributed by atoms with Crippen LogP contribution in [0.15, 0.2) is 0 Å². The first-order valence-electron chi connectivity index (χ1n) is 7.01. The average molecular weight is 277 g/mol. The van der Waals surface area contributed by atoms with E-state index in [2.05, 4.69) is 5.32 Å². The van der Waals surface area contributed by atoms with Gasteiger partial charge < -0.3 is 29.7 Å². The molecule has 0 radical (unpaired) electrons. The molecule has 0 aliphatic carbocycles. The lowest BCUT2D eigenvalue weighted by molar-refractivity contribution is -0.0633. The van der Waals surface area contributed by atoms with Crippen molar-refractivity contribution in [2.24, 2.45) is 0 Å². The summed E-state index contributed by atoms with van der Waals surface area (Å²) >= 11 is 0. The molecular formula is C13H27NO5. The summed E-state index contributed by atoms with van der Waals surface area (Å²) in [7, 11) is 0. The third-order valence-electron chi connectivity index (χ3n) is 3.14. The van der Waals surface area contributed by atoms with Gasteiger partial charge in [-0.15, -0.1) is 0 Å². The minimum Gasteiger partial charge on any atom is -0.389 e. The van der Waals surface area contributed by atoms with Gasteiger partial charge in [0.25, 0.3) is 0 Å². The predicted molar refractivity (Wildman–Crippen MR) is 71.2 cm³/mol. The largest absolute Gasteiger partial charge is 0.389 e. The summed E-state index contributed by atoms with van der Waals surface area (Å²) < 4.78 is 15.6. The number of hydrogen-bond donors (Lipinski definition) is 3. The molecule has 1 atom stereocenters. The van der Waals surface area contributed by atoms with E-state index in [1.807, 2.05) is 6.92 Å². The predicted octanol–water partition coefficient (Wildman–Crippen LogP) is -0.468. The first-order chi connectivity index (χ1) is 9.16. The molecule has 0 aromatic heterocycles. The van der Waals surface area contributed by atoms with E-state index in [0.29, 0.717) is 59.0 Å². The smallest absolute Gasteiger partial charge is 0.0897 e. The Morgan fingerprint density at radius 2 is 1.95 bits per heavy atom. The highest BCUT2D eigenvalue weighted by atomic mass is 16.5. The Hall–Kier alpha value is -0.240. The number of aliphatic hydroxyl groups excluding tert-OH is 1. The van der Waals surface area contributed by atoms with Gasteiger partial charge in [-0.3, -0.25) is 0 Å². The van der Waals surface area contributed by atoms with Crippen LogP contribution in [0.5, 0.6) is 0 Å². The SMILES string of the molecule is CCOCCOCC(O)CNCC1(O)CCOCC1. The van der Waals surface area contributed by atoms with Crippen molar-refractivity contribution in [3.8, 4) is 0 Å². The lowest BCUT2D eigenvalue weighted by Crippen LogP contribution is -2.47. The van der Waals surface area contributed by atoms with Gasteiger partial charge in [0, 0.05) is 45.8 Å². The Kier molecular flexibility index (Phi) is 8.52. The molecule has 6 nitrogen and oxygen atoms in total. The van der Waals surface area contributed by atoms with Crippen molar-refractivity contribution >= 4 is 0 Å². The fourth-order valence-electron chi connectivity index (χ4n) is 1.94. The van der Waals surface area contributed by atoms with Gasteiger partial charge in [-0.25, -0.2) is 0 Å². The molecule has 1 aliphatic rings. The Balaban J connectivity index is 1.98. The first kappa shape index (κ1) is 16.8. The fourth-order valence-corrected chi connectivity index (χ4v) is 1.94. The van der Waals surface area contributed by atoms with Crippen molar-refractivity contribution in [2.75, 3.05) is 52.7 Å². The van der Waals surface area contributed by atoms with Gasteiger partial charge in [-0.2, -0.15) is 0 Å². The molecule has 1 aliphatic heterocycles. The summed E-state index contributed by atoms with van der Waals surface area (Å²) in [5.41, 5.74) is -0.701. The van der Waals surface area contributed by atoms with Crippen molar-refractivity contribution in [1.29, 1.82) is 0 Å². The molecule has 1 fully saturated rings. The standard InChI is InChI=1S/C13H27NO5/c1-2-17-7-8-19-10-12(15)9-14-11-13(16)3-5-18-6-4-13/h12,14-16H,2-11H2,1H3. The molecule has 0 saturated carbocycles. The van der Waals surface area contributed by atoms with E-state index < -0.39 is 11.7 Å². The van der Waals surface area contributed by atoms with Crippen LogP contribution >= 0.6 is 0 Å². The summed E-state index contributed by atoms with van der Waals surface area (Å²) in [6.45, 7) is 6.02. The molecular weight excluding hydrogens is 250 g/mol. The molecule has 1 unspecified atom stereocenters. The van der Waals surface area contributed by atoms with E-state index in [4.69, 9.17) is 14.2 Å². The molecule has 1 rings (SSSR count). The van der Waals surface area contributed by atoms with E-state index in [1.54, 1.807) is 0 Å². The second kappa shape index (κ2) is 9.63. The lowest BCUT2D eigenvalue weighted by atomic mass is 9.94. The van der Waals surface area contributed by atoms with Gasteiger partial charge in [0.1, 0.15) is 0 Å². The normalized spacial score (nSPS) is 20.4. The number of aliphatic hydroxyl groups is 2. The monoisotopic (exact) mass is 277 g/mol. The van der Waals surface area contributed by atoms with Gasteiger partial charge in [0.15, 0.2) is 0 Å². The number of rotatable bonds is 10. The molecule has 0 aromatic carbocycles. The maximum atomic E-state index is 10.2. The quantitative estimate of drug-likeness (QED) is 0.469. The Labute approximate surface area is 115 Å². The minimum absolute atomic E-state index is 0.279. The first-order valence-corrected chi connectivity index (χ1v) is 7.01. The molecule has 0 spiro atoms. The van der Waals surface area contributed by atoms with Gasteiger partial charge in [0.2, 0.25) is 0 Å². The molecule has 0 aromatic rings. The van der Waals surface area contributed by atoms with E-state index in [9.17, 15) is 10.2 Å². The van der Waals surface area contributed by atoms with Crippen LogP contribution < -0.4 is 5.32 Å². The Bertz CT molecular complexity index is 221. The van der Waals surface area contributed by atoms with Crippen molar-refractivity contribution in [3.63, 3.8) is 0 Å². The number of hydrogen-bond acceptors (Lipinski definition) is 6. The molecule has 1 saturated heterocycles. The molecule has 3 N–H and O–H groups in total. The van der Waals surface area contributed by atoms with Crippen molar-refractivity contribution in [2.45, 2.75) is 31.5 Å². The van der Waals surface area contributed by atoms with Crippen molar-refractivity contribution in [3.05, 3.63) is 0 Å². The van der Waals surface area contributed by atoms with Crippen LogP contribution in [0.2, 0.25) is 0 Å². The average Bonchev–Trinajstić information content (AvgIpc) is 2.39. The van der Waals surface area contributed by atoms with Crippen molar-refractivity contribution in [1.82, 2.24) is 5.32 Å². The summed E-state index contributed by atoms with van der Waals surface area (Å²) in [5.74, 6) is 0. The molecule has 19 heavy (non-hydrogen) atoms. The zero-order valence-corrected chi connectivity index (χ0v) is 11.8. The highest BCUT2D eigenvalue weighted by molar-refractivity contribution is 4.83. The van der Waals surface area contributed by atoms with Gasteiger partial charge in [-0.1, -0.05) is 0 Å². The van der Waals surface area contributed by atoms with Crippen molar-refractivity contribution < 1.29 is 24.4 Å². The Morgan fingerprint density at radius 3 is 2.63 bits per heavy atom. The maximum Gasteiger partial charge on any atom is 0.0897 e. The zero-order valence-electron chi connectivity index (χ0n) is 11.8. The fraction of sp³-hybridized carbons (Fsp3) is 1.00. The van der Waals surface area contributed by atoms with E-state index in [0.717, 1.165) is 0 Å². The molecule has 6 heteroatoms. The number of ether oxygens (including phenoxy) is 3. The molecule has 0 bridgehead atoms. The molecule has 114 valence electrons. The third-order valence-corrected chi connectivity index (χ3v) is 3.14. The highest BCUT2D eigenvalue weighted by Gasteiger charge is 2.29. The third kappa shape index (κ3) is 7.81. The van der Waals surface area contributed by atoms with Crippen LogP contribution in [0.3, 0.4) is 0 Å². The van der Waals surface area contributed by atoms with E-state index in [-0.39, 0.29) is 6.61 Å². The van der Waals surface area contributed by atoms with Crippen LogP contribution in [0, 0.1) is 0 Å². The highest BCUT2D eigenvalue weighted by Crippen LogP contribution is 2.18. The second-order valence-electron chi connectivity index (χ2n) is 4.89. The van der Waals surface area contributed by atoms with Crippen LogP contribution in [0.4, 0.5) is 0 Å².